The van der Waals surface area contributed by atoms with Crippen molar-refractivity contribution in [1.29, 1.82) is 0 Å². The molecule has 1 N–H and O–H groups in total. The number of fused-ring (bicyclic) bond motifs is 1. The molecule has 0 spiro atoms. The summed E-state index contributed by atoms with van der Waals surface area (Å²) in [5.41, 5.74) is 2.14. The van der Waals surface area contributed by atoms with E-state index >= 15 is 0 Å². The second-order valence-electron chi connectivity index (χ2n) is 5.70. The second kappa shape index (κ2) is 5.29. The highest BCUT2D eigenvalue weighted by Crippen LogP contribution is 2.23. The molecule has 6 heteroatoms. The molecular weight excluding hydrogens is 278 g/mol. The van der Waals surface area contributed by atoms with E-state index in [0.717, 1.165) is 29.4 Å². The van der Waals surface area contributed by atoms with E-state index in [1.807, 2.05) is 40.2 Å². The molecule has 112 valence electrons. The number of benzene rings is 1. The molecule has 0 saturated carbocycles. The van der Waals surface area contributed by atoms with Crippen LogP contribution in [0.5, 0.6) is 0 Å². The molecule has 3 heterocycles. The number of rotatable bonds is 3. The van der Waals surface area contributed by atoms with Gasteiger partial charge in [-0.3, -0.25) is 4.79 Å². The van der Waals surface area contributed by atoms with E-state index in [9.17, 15) is 4.79 Å². The average Bonchev–Trinajstić information content (AvgIpc) is 3.28. The first kappa shape index (κ1) is 13.1. The number of likely N-dealkylation sites (tertiary alicyclic amines) is 1. The number of carbonyl (C=O) groups excluding carboxylic acids is 1. The van der Waals surface area contributed by atoms with Gasteiger partial charge in [-0.1, -0.05) is 23.4 Å². The highest BCUT2D eigenvalue weighted by molar-refractivity contribution is 5.88. The van der Waals surface area contributed by atoms with Crippen LogP contribution in [0.1, 0.15) is 18.0 Å². The average molecular weight is 295 g/mol. The van der Waals surface area contributed by atoms with Gasteiger partial charge in [0.25, 0.3) is 0 Å². The quantitative estimate of drug-likeness (QED) is 0.801. The molecule has 1 aliphatic heterocycles. The number of carbonyl (C=O) groups is 1. The molecule has 4 rings (SSSR count). The largest absolute Gasteiger partial charge is 0.361 e. The van der Waals surface area contributed by atoms with Crippen molar-refractivity contribution >= 4 is 16.8 Å². The van der Waals surface area contributed by atoms with Crippen molar-refractivity contribution in [2.24, 2.45) is 0 Å². The third-order valence-corrected chi connectivity index (χ3v) is 4.35. The Morgan fingerprint density at radius 1 is 1.36 bits per heavy atom. The van der Waals surface area contributed by atoms with Crippen LogP contribution in [0.25, 0.3) is 10.9 Å². The van der Waals surface area contributed by atoms with Crippen LogP contribution >= 0.6 is 0 Å². The summed E-state index contributed by atoms with van der Waals surface area (Å²) in [5.74, 6) is 0.173. The van der Waals surface area contributed by atoms with Crippen molar-refractivity contribution in [3.8, 4) is 0 Å². The van der Waals surface area contributed by atoms with Crippen molar-refractivity contribution in [2.75, 3.05) is 13.1 Å². The number of amides is 1. The van der Waals surface area contributed by atoms with Crippen LogP contribution in [0.4, 0.5) is 0 Å². The third-order valence-electron chi connectivity index (χ3n) is 4.35. The van der Waals surface area contributed by atoms with Crippen LogP contribution in [0.15, 0.2) is 42.9 Å². The lowest BCUT2D eigenvalue weighted by Crippen LogP contribution is -2.30. The molecule has 1 aliphatic rings. The maximum absolute atomic E-state index is 12.5. The molecule has 0 bridgehead atoms. The smallest absolute Gasteiger partial charge is 0.227 e. The Labute approximate surface area is 127 Å². The van der Waals surface area contributed by atoms with Gasteiger partial charge in [-0.05, 0) is 18.1 Å². The van der Waals surface area contributed by atoms with Crippen LogP contribution in [0.3, 0.4) is 0 Å². The molecule has 1 saturated heterocycles. The zero-order valence-electron chi connectivity index (χ0n) is 12.1. The summed E-state index contributed by atoms with van der Waals surface area (Å²) in [6.07, 6.45) is 6.85. The number of aromatic nitrogens is 4. The van der Waals surface area contributed by atoms with Crippen molar-refractivity contribution in [3.05, 3.63) is 48.4 Å². The molecule has 1 aromatic carbocycles. The predicted molar refractivity (Wildman–Crippen MR) is 82.3 cm³/mol. The fourth-order valence-electron chi connectivity index (χ4n) is 3.15. The number of nitrogens with one attached hydrogen (secondary N) is 1. The maximum Gasteiger partial charge on any atom is 0.227 e. The minimum atomic E-state index is 0.173. The lowest BCUT2D eigenvalue weighted by atomic mass is 10.1. The molecular formula is C16H17N5O. The lowest BCUT2D eigenvalue weighted by Gasteiger charge is -2.16. The van der Waals surface area contributed by atoms with E-state index in [4.69, 9.17) is 0 Å². The van der Waals surface area contributed by atoms with Crippen LogP contribution in [-0.2, 0) is 11.2 Å². The standard InChI is InChI=1S/C16H17N5O/c22-16(9-12-10-17-15-4-2-1-3-14(12)15)20-7-5-13(11-20)21-8-6-18-19-21/h1-4,6,8,10,13,17H,5,7,9,11H2/t13-/m1/s1. The van der Waals surface area contributed by atoms with E-state index in [1.54, 1.807) is 6.20 Å². The zero-order valence-corrected chi connectivity index (χ0v) is 12.1. The normalized spacial score (nSPS) is 18.2. The summed E-state index contributed by atoms with van der Waals surface area (Å²) in [7, 11) is 0. The highest BCUT2D eigenvalue weighted by atomic mass is 16.2. The number of hydrogen-bond acceptors (Lipinski definition) is 3. The van der Waals surface area contributed by atoms with Crippen LogP contribution in [-0.4, -0.2) is 43.9 Å². The van der Waals surface area contributed by atoms with Gasteiger partial charge < -0.3 is 9.88 Å². The molecule has 1 fully saturated rings. The molecule has 22 heavy (non-hydrogen) atoms. The highest BCUT2D eigenvalue weighted by Gasteiger charge is 2.28. The van der Waals surface area contributed by atoms with Gasteiger partial charge in [-0.25, -0.2) is 4.68 Å². The van der Waals surface area contributed by atoms with Crippen LogP contribution < -0.4 is 0 Å². The van der Waals surface area contributed by atoms with Gasteiger partial charge >= 0.3 is 0 Å². The third kappa shape index (κ3) is 2.26. The monoisotopic (exact) mass is 295 g/mol. The van der Waals surface area contributed by atoms with Gasteiger partial charge in [0.05, 0.1) is 18.7 Å². The Balaban J connectivity index is 1.47. The first-order valence-electron chi connectivity index (χ1n) is 7.50. The van der Waals surface area contributed by atoms with Gasteiger partial charge in [0.15, 0.2) is 0 Å². The topological polar surface area (TPSA) is 66.8 Å². The summed E-state index contributed by atoms with van der Waals surface area (Å²) in [4.78, 5) is 17.7. The number of para-hydroxylation sites is 1. The summed E-state index contributed by atoms with van der Waals surface area (Å²) in [6.45, 7) is 1.50. The van der Waals surface area contributed by atoms with E-state index in [-0.39, 0.29) is 11.9 Å². The zero-order chi connectivity index (χ0) is 14.9. The van der Waals surface area contributed by atoms with E-state index in [1.165, 1.54) is 0 Å². The summed E-state index contributed by atoms with van der Waals surface area (Å²) >= 11 is 0. The van der Waals surface area contributed by atoms with Gasteiger partial charge in [-0.15, -0.1) is 5.10 Å². The minimum absolute atomic E-state index is 0.173. The molecule has 0 aliphatic carbocycles. The lowest BCUT2D eigenvalue weighted by molar-refractivity contribution is -0.129. The molecule has 0 radical (unpaired) electrons. The molecule has 0 unspecified atom stereocenters. The number of nitrogens with zero attached hydrogens (tertiary/aromatic N) is 4. The van der Waals surface area contributed by atoms with E-state index in [2.05, 4.69) is 21.4 Å². The fraction of sp³-hybridized carbons (Fsp3) is 0.312. The predicted octanol–water partition coefficient (Wildman–Crippen LogP) is 1.78. The summed E-state index contributed by atoms with van der Waals surface area (Å²) in [6, 6.07) is 8.32. The second-order valence-corrected chi connectivity index (χ2v) is 5.70. The first-order valence-corrected chi connectivity index (χ1v) is 7.50. The molecule has 6 nitrogen and oxygen atoms in total. The summed E-state index contributed by atoms with van der Waals surface area (Å²) in [5, 5.41) is 9.00. The van der Waals surface area contributed by atoms with Crippen LogP contribution in [0, 0.1) is 0 Å². The van der Waals surface area contributed by atoms with Crippen molar-refractivity contribution in [1.82, 2.24) is 24.9 Å². The Kier molecular flexibility index (Phi) is 3.14. The SMILES string of the molecule is O=C(Cc1c[nH]c2ccccc12)N1CC[C@@H](n2ccnn2)C1. The van der Waals surface area contributed by atoms with E-state index < -0.39 is 0 Å². The minimum Gasteiger partial charge on any atom is -0.361 e. The van der Waals surface area contributed by atoms with Gasteiger partial charge in [-0.2, -0.15) is 0 Å². The number of hydrogen-bond donors (Lipinski definition) is 1. The van der Waals surface area contributed by atoms with Gasteiger partial charge in [0.2, 0.25) is 5.91 Å². The Morgan fingerprint density at radius 2 is 2.27 bits per heavy atom. The molecule has 1 amide bonds. The van der Waals surface area contributed by atoms with Crippen LogP contribution in [0.2, 0.25) is 0 Å². The van der Waals surface area contributed by atoms with Crippen molar-refractivity contribution in [2.45, 2.75) is 18.9 Å². The summed E-state index contributed by atoms with van der Waals surface area (Å²) < 4.78 is 1.85. The molecule has 3 aromatic rings. The van der Waals surface area contributed by atoms with Gasteiger partial charge in [0.1, 0.15) is 0 Å². The Morgan fingerprint density at radius 3 is 3.14 bits per heavy atom. The van der Waals surface area contributed by atoms with Gasteiger partial charge in [0, 0.05) is 36.4 Å². The first-order chi connectivity index (χ1) is 10.8. The molecule has 1 atom stereocenters. The molecule has 2 aromatic heterocycles. The van der Waals surface area contributed by atoms with Crippen molar-refractivity contribution in [3.63, 3.8) is 0 Å². The number of H-pyrrole nitrogens is 1. The maximum atomic E-state index is 12.5. The van der Waals surface area contributed by atoms with Crippen molar-refractivity contribution < 1.29 is 4.79 Å². The van der Waals surface area contributed by atoms with E-state index in [0.29, 0.717) is 13.0 Å². The Hall–Kier alpha value is -2.63. The fourth-order valence-corrected chi connectivity index (χ4v) is 3.15. The number of aromatic amines is 1. The Bertz CT molecular complexity index is 792.